The normalized spacial score (nSPS) is 15.7. The lowest BCUT2D eigenvalue weighted by atomic mass is 10.1. The number of rotatable bonds is 7. The molecule has 8 nitrogen and oxygen atoms in total. The summed E-state index contributed by atoms with van der Waals surface area (Å²) in [6.45, 7) is 3.20. The third kappa shape index (κ3) is 4.73. The van der Waals surface area contributed by atoms with E-state index in [0.717, 1.165) is 40.7 Å². The largest absolute Gasteiger partial charge is 0.369 e. The summed E-state index contributed by atoms with van der Waals surface area (Å²) in [5, 5.41) is 11.6. The molecule has 2 aromatic heterocycles. The lowest BCUT2D eigenvalue weighted by Crippen LogP contribution is -2.32. The van der Waals surface area contributed by atoms with Crippen LogP contribution in [0.15, 0.2) is 48.8 Å². The minimum absolute atomic E-state index is 0.0643. The molecule has 1 atom stereocenters. The second kappa shape index (κ2) is 9.54. The van der Waals surface area contributed by atoms with Gasteiger partial charge in [-0.1, -0.05) is 23.8 Å². The Morgan fingerprint density at radius 3 is 2.91 bits per heavy atom. The fourth-order valence-corrected chi connectivity index (χ4v) is 4.41. The first-order chi connectivity index (χ1) is 16.6. The SMILES string of the molecule is Cc1ccc2ncnc(NCCC(=O)N3CCCC3c3n[nH]c(Cc4ccc(F)cc4)n3)c2c1. The zero-order valence-corrected chi connectivity index (χ0v) is 19.0. The van der Waals surface area contributed by atoms with E-state index in [2.05, 4.69) is 30.5 Å². The second-order valence-electron chi connectivity index (χ2n) is 8.61. The van der Waals surface area contributed by atoms with E-state index < -0.39 is 0 Å². The van der Waals surface area contributed by atoms with Gasteiger partial charge in [-0.2, -0.15) is 5.10 Å². The number of fused-ring (bicyclic) bond motifs is 1. The van der Waals surface area contributed by atoms with E-state index in [-0.39, 0.29) is 17.8 Å². The molecule has 0 radical (unpaired) electrons. The molecule has 1 saturated heterocycles. The molecule has 174 valence electrons. The highest BCUT2D eigenvalue weighted by Crippen LogP contribution is 2.30. The van der Waals surface area contributed by atoms with E-state index in [4.69, 9.17) is 0 Å². The summed E-state index contributed by atoms with van der Waals surface area (Å²) in [7, 11) is 0. The van der Waals surface area contributed by atoms with E-state index >= 15 is 0 Å². The van der Waals surface area contributed by atoms with Gasteiger partial charge in [-0.3, -0.25) is 9.89 Å². The number of aromatic amines is 1. The number of anilines is 1. The summed E-state index contributed by atoms with van der Waals surface area (Å²) < 4.78 is 13.1. The van der Waals surface area contributed by atoms with Crippen LogP contribution in [0.2, 0.25) is 0 Å². The molecule has 1 amide bonds. The Labute approximate surface area is 196 Å². The third-order valence-corrected chi connectivity index (χ3v) is 6.13. The molecule has 1 aliphatic rings. The minimum atomic E-state index is -0.264. The van der Waals surface area contributed by atoms with Crippen molar-refractivity contribution < 1.29 is 9.18 Å². The Bertz CT molecular complexity index is 1300. The van der Waals surface area contributed by atoms with Crippen LogP contribution in [0.25, 0.3) is 10.9 Å². The van der Waals surface area contributed by atoms with E-state index in [1.807, 2.05) is 30.0 Å². The van der Waals surface area contributed by atoms with Crippen LogP contribution in [0.1, 0.15) is 48.1 Å². The highest BCUT2D eigenvalue weighted by Gasteiger charge is 2.32. The molecular formula is C25H26FN7O. The maximum atomic E-state index is 13.1. The van der Waals surface area contributed by atoms with Gasteiger partial charge in [-0.25, -0.2) is 19.3 Å². The average molecular weight is 460 g/mol. The topological polar surface area (TPSA) is 99.7 Å². The molecule has 2 N–H and O–H groups in total. The van der Waals surface area contributed by atoms with Crippen molar-refractivity contribution in [3.8, 4) is 0 Å². The number of hydrogen-bond acceptors (Lipinski definition) is 6. The first-order valence-electron chi connectivity index (χ1n) is 11.5. The summed E-state index contributed by atoms with van der Waals surface area (Å²) in [4.78, 5) is 28.2. The monoisotopic (exact) mass is 459 g/mol. The van der Waals surface area contributed by atoms with E-state index in [1.54, 1.807) is 12.1 Å². The van der Waals surface area contributed by atoms with Crippen molar-refractivity contribution in [3.05, 3.63) is 77.4 Å². The molecule has 1 unspecified atom stereocenters. The zero-order chi connectivity index (χ0) is 23.5. The fourth-order valence-electron chi connectivity index (χ4n) is 4.41. The van der Waals surface area contributed by atoms with E-state index in [0.29, 0.717) is 37.6 Å². The minimum Gasteiger partial charge on any atom is -0.369 e. The standard InChI is InChI=1S/C25H26FN7O/c1-16-4-9-20-19(13-16)24(29-15-28-20)27-11-10-23(34)33-12-2-3-21(33)25-30-22(31-32-25)14-17-5-7-18(26)8-6-17/h4-9,13,15,21H,2-3,10-12,14H2,1H3,(H,27,28,29)(H,30,31,32). The number of amides is 1. The number of nitrogens with one attached hydrogen (secondary N) is 2. The Morgan fingerprint density at radius 1 is 1.21 bits per heavy atom. The van der Waals surface area contributed by atoms with Gasteiger partial charge < -0.3 is 10.2 Å². The maximum Gasteiger partial charge on any atom is 0.224 e. The van der Waals surface area contributed by atoms with Gasteiger partial charge in [-0.15, -0.1) is 0 Å². The van der Waals surface area contributed by atoms with Gasteiger partial charge >= 0.3 is 0 Å². The van der Waals surface area contributed by atoms with Gasteiger partial charge in [-0.05, 0) is 49.6 Å². The van der Waals surface area contributed by atoms with Crippen molar-refractivity contribution in [2.45, 2.75) is 38.6 Å². The summed E-state index contributed by atoms with van der Waals surface area (Å²) in [5.74, 6) is 1.87. The first kappa shape index (κ1) is 21.9. The van der Waals surface area contributed by atoms with Crippen LogP contribution in [0.4, 0.5) is 10.2 Å². The predicted octanol–water partition coefficient (Wildman–Crippen LogP) is 3.95. The number of carbonyl (C=O) groups is 1. The summed E-state index contributed by atoms with van der Waals surface area (Å²) in [6, 6.07) is 12.2. The number of benzene rings is 2. The lowest BCUT2D eigenvalue weighted by Gasteiger charge is -2.22. The zero-order valence-electron chi connectivity index (χ0n) is 19.0. The Balaban J connectivity index is 1.21. The van der Waals surface area contributed by atoms with Gasteiger partial charge in [0.15, 0.2) is 5.82 Å². The van der Waals surface area contributed by atoms with Crippen molar-refractivity contribution in [3.63, 3.8) is 0 Å². The van der Waals surface area contributed by atoms with Crippen LogP contribution in [0.5, 0.6) is 0 Å². The molecule has 2 aromatic carbocycles. The third-order valence-electron chi connectivity index (χ3n) is 6.13. The molecule has 0 aliphatic carbocycles. The van der Waals surface area contributed by atoms with E-state index in [9.17, 15) is 9.18 Å². The highest BCUT2D eigenvalue weighted by molar-refractivity contribution is 5.89. The van der Waals surface area contributed by atoms with Gasteiger partial charge in [0.2, 0.25) is 5.91 Å². The van der Waals surface area contributed by atoms with Crippen LogP contribution in [-0.4, -0.2) is 49.0 Å². The quantitative estimate of drug-likeness (QED) is 0.434. The number of halogens is 1. The van der Waals surface area contributed by atoms with Crippen molar-refractivity contribution in [1.82, 2.24) is 30.0 Å². The lowest BCUT2D eigenvalue weighted by molar-refractivity contribution is -0.132. The Morgan fingerprint density at radius 2 is 2.06 bits per heavy atom. The molecule has 1 fully saturated rings. The number of likely N-dealkylation sites (tertiary alicyclic amines) is 1. The number of aryl methyl sites for hydroxylation is 1. The van der Waals surface area contributed by atoms with Gasteiger partial charge in [0.25, 0.3) is 0 Å². The number of H-pyrrole nitrogens is 1. The smallest absolute Gasteiger partial charge is 0.224 e. The second-order valence-corrected chi connectivity index (χ2v) is 8.61. The average Bonchev–Trinajstić information content (AvgIpc) is 3.50. The first-order valence-corrected chi connectivity index (χ1v) is 11.5. The van der Waals surface area contributed by atoms with Crippen LogP contribution >= 0.6 is 0 Å². The van der Waals surface area contributed by atoms with Crippen LogP contribution in [0.3, 0.4) is 0 Å². The molecular weight excluding hydrogens is 433 g/mol. The highest BCUT2D eigenvalue weighted by atomic mass is 19.1. The molecule has 0 saturated carbocycles. The van der Waals surface area contributed by atoms with Crippen molar-refractivity contribution in [1.29, 1.82) is 0 Å². The fraction of sp³-hybridized carbons (Fsp3) is 0.320. The number of hydrogen-bond donors (Lipinski definition) is 2. The van der Waals surface area contributed by atoms with Crippen LogP contribution in [-0.2, 0) is 11.2 Å². The molecule has 9 heteroatoms. The summed E-state index contributed by atoms with van der Waals surface area (Å²) in [5.41, 5.74) is 2.95. The van der Waals surface area contributed by atoms with Gasteiger partial charge in [0, 0.05) is 31.3 Å². The molecule has 0 bridgehead atoms. The molecule has 0 spiro atoms. The van der Waals surface area contributed by atoms with Gasteiger partial charge in [0.1, 0.15) is 23.8 Å². The van der Waals surface area contributed by atoms with Crippen molar-refractivity contribution >= 4 is 22.6 Å². The maximum absolute atomic E-state index is 13.1. The van der Waals surface area contributed by atoms with Crippen molar-refractivity contribution in [2.75, 3.05) is 18.4 Å². The molecule has 5 rings (SSSR count). The van der Waals surface area contributed by atoms with E-state index in [1.165, 1.54) is 18.5 Å². The molecule has 1 aliphatic heterocycles. The molecule has 4 aromatic rings. The molecule has 34 heavy (non-hydrogen) atoms. The summed E-state index contributed by atoms with van der Waals surface area (Å²) >= 11 is 0. The number of nitrogens with zero attached hydrogens (tertiary/aromatic N) is 5. The van der Waals surface area contributed by atoms with Crippen LogP contribution in [0, 0.1) is 12.7 Å². The predicted molar refractivity (Wildman–Crippen MR) is 127 cm³/mol. The Kier molecular flexibility index (Phi) is 6.16. The summed E-state index contributed by atoms with van der Waals surface area (Å²) in [6.07, 6.45) is 4.17. The van der Waals surface area contributed by atoms with Crippen LogP contribution < -0.4 is 5.32 Å². The van der Waals surface area contributed by atoms with Gasteiger partial charge in [0.05, 0.1) is 11.6 Å². The van der Waals surface area contributed by atoms with Crippen molar-refractivity contribution in [2.24, 2.45) is 0 Å². The Hall–Kier alpha value is -3.88. The number of aromatic nitrogens is 5. The number of carbonyl (C=O) groups excluding carboxylic acids is 1. The molecule has 3 heterocycles.